The van der Waals surface area contributed by atoms with Gasteiger partial charge in [-0.3, -0.25) is 19.1 Å². The van der Waals surface area contributed by atoms with E-state index in [2.05, 4.69) is 15.3 Å². The molecule has 0 bridgehead atoms. The van der Waals surface area contributed by atoms with Gasteiger partial charge in [0.1, 0.15) is 5.82 Å². The predicted octanol–water partition coefficient (Wildman–Crippen LogP) is 3.12. The summed E-state index contributed by atoms with van der Waals surface area (Å²) < 4.78 is 1.34. The summed E-state index contributed by atoms with van der Waals surface area (Å²) in [5.74, 6) is 0.0850. The van der Waals surface area contributed by atoms with Crippen molar-refractivity contribution in [3.05, 3.63) is 92.2 Å². The van der Waals surface area contributed by atoms with Crippen molar-refractivity contribution >= 4 is 34.2 Å². The van der Waals surface area contributed by atoms with Crippen molar-refractivity contribution in [2.75, 3.05) is 5.32 Å². The fourth-order valence-electron chi connectivity index (χ4n) is 3.27. The second kappa shape index (κ2) is 7.96. The highest BCUT2D eigenvalue weighted by Gasteiger charge is 2.13. The van der Waals surface area contributed by atoms with Crippen LogP contribution in [0, 0.1) is 0 Å². The summed E-state index contributed by atoms with van der Waals surface area (Å²) in [5, 5.41) is 3.71. The maximum atomic E-state index is 12.5. The molecule has 0 saturated carbocycles. The second-order valence-electron chi connectivity index (χ2n) is 6.79. The second-order valence-corrected chi connectivity index (χ2v) is 7.23. The quantitative estimate of drug-likeness (QED) is 0.530. The van der Waals surface area contributed by atoms with Gasteiger partial charge in [-0.25, -0.2) is 9.78 Å². The maximum absolute atomic E-state index is 12.5. The highest BCUT2D eigenvalue weighted by molar-refractivity contribution is 6.30. The van der Waals surface area contributed by atoms with Gasteiger partial charge in [0.2, 0.25) is 5.91 Å². The minimum atomic E-state index is -0.512. The number of halogens is 1. The molecule has 4 aromatic rings. The number of carbonyl (C=O) groups is 1. The first kappa shape index (κ1) is 19.6. The Morgan fingerprint density at radius 3 is 2.50 bits per heavy atom. The monoisotopic (exact) mass is 420 g/mol. The topological polar surface area (TPSA) is 96.9 Å². The minimum Gasteiger partial charge on any atom is -0.310 e. The average Bonchev–Trinajstić information content (AvgIpc) is 2.73. The number of nitrogens with one attached hydrogen (secondary N) is 2. The summed E-state index contributed by atoms with van der Waals surface area (Å²) in [6.07, 6.45) is 1.64. The van der Waals surface area contributed by atoms with Crippen molar-refractivity contribution in [3.8, 4) is 11.1 Å². The van der Waals surface area contributed by atoms with Gasteiger partial charge in [-0.2, -0.15) is 0 Å². The van der Waals surface area contributed by atoms with E-state index in [0.717, 1.165) is 11.1 Å². The molecule has 8 heteroatoms. The molecule has 1 amide bonds. The van der Waals surface area contributed by atoms with Crippen molar-refractivity contribution < 1.29 is 4.79 Å². The van der Waals surface area contributed by atoms with Crippen LogP contribution in [0.5, 0.6) is 0 Å². The molecule has 0 fully saturated rings. The lowest BCUT2D eigenvalue weighted by Crippen LogP contribution is -2.29. The number of nitrogens with zero attached hydrogens (tertiary/aromatic N) is 2. The molecule has 2 aromatic carbocycles. The van der Waals surface area contributed by atoms with Crippen molar-refractivity contribution in [2.24, 2.45) is 7.05 Å². The van der Waals surface area contributed by atoms with Crippen LogP contribution < -0.4 is 16.6 Å². The Labute approximate surface area is 176 Å². The zero-order valence-electron chi connectivity index (χ0n) is 16.0. The van der Waals surface area contributed by atoms with Crippen molar-refractivity contribution in [2.45, 2.75) is 6.42 Å². The Bertz CT molecular complexity index is 1360. The van der Waals surface area contributed by atoms with Crippen molar-refractivity contribution in [3.63, 3.8) is 0 Å². The van der Waals surface area contributed by atoms with Gasteiger partial charge in [-0.15, -0.1) is 0 Å². The van der Waals surface area contributed by atoms with Crippen LogP contribution in [0.2, 0.25) is 5.02 Å². The summed E-state index contributed by atoms with van der Waals surface area (Å²) in [6, 6.07) is 16.0. The normalized spacial score (nSPS) is 10.9. The van der Waals surface area contributed by atoms with E-state index in [1.165, 1.54) is 4.57 Å². The van der Waals surface area contributed by atoms with Crippen LogP contribution >= 0.6 is 11.6 Å². The third-order valence-corrected chi connectivity index (χ3v) is 5.05. The van der Waals surface area contributed by atoms with E-state index in [9.17, 15) is 14.4 Å². The third kappa shape index (κ3) is 3.88. The van der Waals surface area contributed by atoms with Crippen molar-refractivity contribution in [1.29, 1.82) is 0 Å². The van der Waals surface area contributed by atoms with Crippen LogP contribution in [0.25, 0.3) is 22.0 Å². The molecule has 0 unspecified atom stereocenters. The van der Waals surface area contributed by atoms with E-state index in [1.54, 1.807) is 49.6 Å². The molecule has 2 heterocycles. The van der Waals surface area contributed by atoms with Gasteiger partial charge in [-0.1, -0.05) is 35.9 Å². The van der Waals surface area contributed by atoms with Crippen LogP contribution in [0.1, 0.15) is 5.56 Å². The summed E-state index contributed by atoms with van der Waals surface area (Å²) in [6.45, 7) is 0. The van der Waals surface area contributed by atoms with Gasteiger partial charge < -0.3 is 5.32 Å². The van der Waals surface area contributed by atoms with E-state index >= 15 is 0 Å². The SMILES string of the molecule is Cn1c(=O)[nH]c(=O)c2c(CC(=O)Nc3ccc(-c4ccc(Cl)cc4)cn3)cccc21. The Kier molecular flexibility index (Phi) is 5.20. The molecule has 2 N–H and O–H groups in total. The average molecular weight is 421 g/mol. The van der Waals surface area contributed by atoms with Crippen molar-refractivity contribution in [1.82, 2.24) is 14.5 Å². The fraction of sp³-hybridized carbons (Fsp3) is 0.0909. The van der Waals surface area contributed by atoms with Crippen LogP contribution in [-0.2, 0) is 18.3 Å². The number of fused-ring (bicyclic) bond motifs is 1. The summed E-state index contributed by atoms with van der Waals surface area (Å²) >= 11 is 5.91. The summed E-state index contributed by atoms with van der Waals surface area (Å²) in [4.78, 5) is 43.2. The molecule has 0 radical (unpaired) electrons. The molecule has 0 aliphatic carbocycles. The number of aromatic nitrogens is 3. The smallest absolute Gasteiger partial charge is 0.310 e. The standard InChI is InChI=1S/C22H17ClN4O3/c1-27-17-4-2-3-14(20(17)21(29)26-22(27)30)11-19(28)25-18-10-7-15(12-24-18)13-5-8-16(23)9-6-13/h2-10,12H,11H2,1H3,(H,24,25,28)(H,26,29,30). The molecule has 0 aliphatic heterocycles. The molecule has 4 rings (SSSR count). The number of aromatic amines is 1. The van der Waals surface area contributed by atoms with E-state index in [-0.39, 0.29) is 12.3 Å². The zero-order chi connectivity index (χ0) is 21.3. The highest BCUT2D eigenvalue weighted by atomic mass is 35.5. The minimum absolute atomic E-state index is 0.0285. The molecular weight excluding hydrogens is 404 g/mol. The number of pyridine rings is 1. The van der Waals surface area contributed by atoms with E-state index in [1.807, 2.05) is 18.2 Å². The van der Waals surface area contributed by atoms with Gasteiger partial charge in [0, 0.05) is 23.8 Å². The van der Waals surface area contributed by atoms with E-state index in [4.69, 9.17) is 11.6 Å². The molecule has 0 saturated heterocycles. The van der Waals surface area contributed by atoms with Gasteiger partial charge in [0.15, 0.2) is 0 Å². The number of benzene rings is 2. The first-order valence-corrected chi connectivity index (χ1v) is 9.53. The number of H-pyrrole nitrogens is 1. The molecule has 0 spiro atoms. The lowest BCUT2D eigenvalue weighted by atomic mass is 10.1. The number of hydrogen-bond donors (Lipinski definition) is 2. The van der Waals surface area contributed by atoms with Crippen LogP contribution in [-0.4, -0.2) is 20.4 Å². The number of aryl methyl sites for hydroxylation is 1. The Morgan fingerprint density at radius 1 is 1.07 bits per heavy atom. The molecule has 2 aromatic heterocycles. The lowest BCUT2D eigenvalue weighted by Gasteiger charge is -2.09. The third-order valence-electron chi connectivity index (χ3n) is 4.80. The highest BCUT2D eigenvalue weighted by Crippen LogP contribution is 2.22. The predicted molar refractivity (Wildman–Crippen MR) is 117 cm³/mol. The number of anilines is 1. The largest absolute Gasteiger partial charge is 0.328 e. The molecule has 150 valence electrons. The number of hydrogen-bond acceptors (Lipinski definition) is 4. The fourth-order valence-corrected chi connectivity index (χ4v) is 3.40. The first-order chi connectivity index (χ1) is 14.4. The van der Waals surface area contributed by atoms with Crippen LogP contribution in [0.15, 0.2) is 70.4 Å². The molecule has 7 nitrogen and oxygen atoms in total. The van der Waals surface area contributed by atoms with Gasteiger partial charge >= 0.3 is 5.69 Å². The van der Waals surface area contributed by atoms with E-state index < -0.39 is 11.2 Å². The Morgan fingerprint density at radius 2 is 1.80 bits per heavy atom. The summed E-state index contributed by atoms with van der Waals surface area (Å²) in [7, 11) is 1.57. The first-order valence-electron chi connectivity index (χ1n) is 9.15. The van der Waals surface area contributed by atoms with Gasteiger partial charge in [0.25, 0.3) is 5.56 Å². The molecule has 30 heavy (non-hydrogen) atoms. The van der Waals surface area contributed by atoms with Gasteiger partial charge in [-0.05, 0) is 41.5 Å². The lowest BCUT2D eigenvalue weighted by molar-refractivity contribution is -0.115. The Balaban J connectivity index is 1.54. The molecule has 0 atom stereocenters. The maximum Gasteiger partial charge on any atom is 0.328 e. The van der Waals surface area contributed by atoms with E-state index in [0.29, 0.717) is 27.3 Å². The zero-order valence-corrected chi connectivity index (χ0v) is 16.7. The number of rotatable bonds is 4. The summed E-state index contributed by atoms with van der Waals surface area (Å²) in [5.41, 5.74) is 1.84. The van der Waals surface area contributed by atoms with Gasteiger partial charge in [0.05, 0.1) is 17.3 Å². The molecule has 0 aliphatic rings. The molecular formula is C22H17ClN4O3. The number of carbonyl (C=O) groups excluding carboxylic acids is 1. The van der Waals surface area contributed by atoms with Crippen LogP contribution in [0.4, 0.5) is 5.82 Å². The Hall–Kier alpha value is -3.71. The van der Waals surface area contributed by atoms with Crippen LogP contribution in [0.3, 0.4) is 0 Å². The number of amides is 1.